The molecule has 0 unspecified atom stereocenters. The van der Waals surface area contributed by atoms with Gasteiger partial charge in [0.1, 0.15) is 0 Å². The van der Waals surface area contributed by atoms with Gasteiger partial charge < -0.3 is 15.1 Å². The number of urea groups is 1. The van der Waals surface area contributed by atoms with E-state index in [2.05, 4.69) is 16.3 Å². The average molecular weight is 247 g/mol. The van der Waals surface area contributed by atoms with E-state index in [1.54, 1.807) is 0 Å². The molecule has 0 spiro atoms. The number of aryl methyl sites for hydroxylation is 2. The van der Waals surface area contributed by atoms with Gasteiger partial charge in [-0.05, 0) is 45.1 Å². The second-order valence-corrected chi connectivity index (χ2v) is 5.27. The molecule has 98 valence electrons. The normalized spacial score (nSPS) is 15.7. The number of benzene rings is 1. The third-order valence-corrected chi connectivity index (χ3v) is 3.51. The van der Waals surface area contributed by atoms with E-state index in [0.717, 1.165) is 29.9 Å². The van der Waals surface area contributed by atoms with Crippen LogP contribution in [0, 0.1) is 13.8 Å². The van der Waals surface area contributed by atoms with E-state index in [4.69, 9.17) is 0 Å². The minimum absolute atomic E-state index is 0.00167. The molecule has 4 heteroatoms. The highest BCUT2D eigenvalue weighted by molar-refractivity contribution is 5.90. The highest BCUT2D eigenvalue weighted by Crippen LogP contribution is 2.19. The van der Waals surface area contributed by atoms with Crippen molar-refractivity contribution >= 4 is 11.7 Å². The molecule has 4 nitrogen and oxygen atoms in total. The first-order chi connectivity index (χ1) is 8.47. The summed E-state index contributed by atoms with van der Waals surface area (Å²) in [5.41, 5.74) is 3.16. The molecule has 1 heterocycles. The lowest BCUT2D eigenvalue weighted by molar-refractivity contribution is 0.0942. The van der Waals surface area contributed by atoms with Crippen molar-refractivity contribution in [2.45, 2.75) is 19.9 Å². The Morgan fingerprint density at radius 1 is 1.33 bits per heavy atom. The van der Waals surface area contributed by atoms with Crippen LogP contribution in [0.1, 0.15) is 11.1 Å². The van der Waals surface area contributed by atoms with E-state index in [1.807, 2.05) is 45.0 Å². The Balaban J connectivity index is 1.94. The molecule has 1 saturated heterocycles. The highest BCUT2D eigenvalue weighted by atomic mass is 16.2. The lowest BCUT2D eigenvalue weighted by atomic mass is 10.1. The summed E-state index contributed by atoms with van der Waals surface area (Å²) in [7, 11) is 4.09. The summed E-state index contributed by atoms with van der Waals surface area (Å²) < 4.78 is 0. The van der Waals surface area contributed by atoms with Crippen LogP contribution in [-0.2, 0) is 0 Å². The number of nitrogens with one attached hydrogen (secondary N) is 1. The van der Waals surface area contributed by atoms with E-state index >= 15 is 0 Å². The van der Waals surface area contributed by atoms with Gasteiger partial charge in [-0.3, -0.25) is 0 Å². The standard InChI is InChI=1S/C14H21N3O/c1-10-5-6-11(2)13(7-10)15-14(18)17-8-12(9-17)16(3)4/h5-7,12H,8-9H2,1-4H3,(H,15,18). The van der Waals surface area contributed by atoms with Crippen LogP contribution in [0.15, 0.2) is 18.2 Å². The molecule has 2 amide bonds. The van der Waals surface area contributed by atoms with Crippen LogP contribution in [0.2, 0.25) is 0 Å². The fourth-order valence-electron chi connectivity index (χ4n) is 2.01. The first kappa shape index (κ1) is 12.9. The van der Waals surface area contributed by atoms with Crippen molar-refractivity contribution in [3.8, 4) is 0 Å². The molecule has 0 saturated carbocycles. The van der Waals surface area contributed by atoms with E-state index in [-0.39, 0.29) is 6.03 Å². The van der Waals surface area contributed by atoms with Crippen molar-refractivity contribution in [3.63, 3.8) is 0 Å². The predicted molar refractivity (Wildman–Crippen MR) is 74.0 cm³/mol. The quantitative estimate of drug-likeness (QED) is 0.868. The molecule has 0 radical (unpaired) electrons. The monoisotopic (exact) mass is 247 g/mol. The first-order valence-electron chi connectivity index (χ1n) is 6.27. The van der Waals surface area contributed by atoms with E-state index in [9.17, 15) is 4.79 Å². The van der Waals surface area contributed by atoms with Crippen LogP contribution in [0.4, 0.5) is 10.5 Å². The topological polar surface area (TPSA) is 35.6 Å². The van der Waals surface area contributed by atoms with E-state index in [1.165, 1.54) is 0 Å². The van der Waals surface area contributed by atoms with E-state index < -0.39 is 0 Å². The van der Waals surface area contributed by atoms with Crippen molar-refractivity contribution in [2.75, 3.05) is 32.5 Å². The first-order valence-corrected chi connectivity index (χ1v) is 6.27. The number of carbonyl (C=O) groups excluding carboxylic acids is 1. The second kappa shape index (κ2) is 4.98. The number of amides is 2. The number of likely N-dealkylation sites (tertiary alicyclic amines) is 1. The Bertz CT molecular complexity index is 450. The van der Waals surface area contributed by atoms with Gasteiger partial charge in [0.25, 0.3) is 0 Å². The van der Waals surface area contributed by atoms with Gasteiger partial charge in [0.2, 0.25) is 0 Å². The molecule has 2 rings (SSSR count). The summed E-state index contributed by atoms with van der Waals surface area (Å²) in [6, 6.07) is 6.59. The summed E-state index contributed by atoms with van der Waals surface area (Å²) in [4.78, 5) is 16.0. The Hall–Kier alpha value is -1.55. The van der Waals surface area contributed by atoms with Crippen molar-refractivity contribution in [2.24, 2.45) is 0 Å². The molecule has 0 aliphatic carbocycles. The van der Waals surface area contributed by atoms with E-state index in [0.29, 0.717) is 6.04 Å². The molecule has 1 N–H and O–H groups in total. The molecule has 0 aromatic heterocycles. The average Bonchev–Trinajstić information content (AvgIpc) is 2.20. The second-order valence-electron chi connectivity index (χ2n) is 5.27. The van der Waals surface area contributed by atoms with Gasteiger partial charge in [-0.25, -0.2) is 4.79 Å². The molecule has 1 aromatic carbocycles. The fourth-order valence-corrected chi connectivity index (χ4v) is 2.01. The summed E-state index contributed by atoms with van der Waals surface area (Å²) in [5, 5.41) is 2.98. The van der Waals surface area contributed by atoms with Crippen LogP contribution in [0.25, 0.3) is 0 Å². The summed E-state index contributed by atoms with van der Waals surface area (Å²) >= 11 is 0. The molecule has 1 aliphatic rings. The lowest BCUT2D eigenvalue weighted by Crippen LogP contribution is -2.60. The van der Waals surface area contributed by atoms with Crippen molar-refractivity contribution in [3.05, 3.63) is 29.3 Å². The lowest BCUT2D eigenvalue weighted by Gasteiger charge is -2.42. The maximum absolute atomic E-state index is 12.0. The van der Waals surface area contributed by atoms with Gasteiger partial charge in [-0.15, -0.1) is 0 Å². The Labute approximate surface area is 109 Å². The third kappa shape index (κ3) is 2.64. The van der Waals surface area contributed by atoms with Gasteiger partial charge in [0, 0.05) is 24.8 Å². The van der Waals surface area contributed by atoms with Gasteiger partial charge in [-0.1, -0.05) is 12.1 Å². The molecule has 1 aromatic rings. The number of hydrogen-bond acceptors (Lipinski definition) is 2. The van der Waals surface area contributed by atoms with Gasteiger partial charge in [0.05, 0.1) is 0 Å². The van der Waals surface area contributed by atoms with Gasteiger partial charge >= 0.3 is 6.03 Å². The zero-order valence-corrected chi connectivity index (χ0v) is 11.5. The molecule has 0 bridgehead atoms. The molecular weight excluding hydrogens is 226 g/mol. The number of anilines is 1. The fraction of sp³-hybridized carbons (Fsp3) is 0.500. The molecule has 0 atom stereocenters. The van der Waals surface area contributed by atoms with Crippen LogP contribution in [-0.4, -0.2) is 49.1 Å². The Kier molecular flexibility index (Phi) is 3.57. The number of nitrogens with zero attached hydrogens (tertiary/aromatic N) is 2. The van der Waals surface area contributed by atoms with Crippen LogP contribution in [0.3, 0.4) is 0 Å². The number of hydrogen-bond donors (Lipinski definition) is 1. The molecular formula is C14H21N3O. The molecule has 1 aliphatic heterocycles. The van der Waals surface area contributed by atoms with Gasteiger partial charge in [0.15, 0.2) is 0 Å². The molecule has 1 fully saturated rings. The van der Waals surface area contributed by atoms with Crippen LogP contribution in [0.5, 0.6) is 0 Å². The Morgan fingerprint density at radius 3 is 2.61 bits per heavy atom. The number of rotatable bonds is 2. The Morgan fingerprint density at radius 2 is 2.00 bits per heavy atom. The van der Waals surface area contributed by atoms with Crippen molar-refractivity contribution in [1.82, 2.24) is 9.80 Å². The minimum atomic E-state index is 0.00167. The largest absolute Gasteiger partial charge is 0.321 e. The minimum Gasteiger partial charge on any atom is -0.321 e. The summed E-state index contributed by atoms with van der Waals surface area (Å²) in [6.45, 7) is 5.65. The summed E-state index contributed by atoms with van der Waals surface area (Å²) in [5.74, 6) is 0. The maximum atomic E-state index is 12.0. The smallest absolute Gasteiger partial charge is 0.321 e. The zero-order valence-electron chi connectivity index (χ0n) is 11.5. The van der Waals surface area contributed by atoms with Crippen LogP contribution < -0.4 is 5.32 Å². The number of likely N-dealkylation sites (N-methyl/N-ethyl adjacent to an activating group) is 1. The maximum Gasteiger partial charge on any atom is 0.321 e. The molecule has 18 heavy (non-hydrogen) atoms. The van der Waals surface area contributed by atoms with Gasteiger partial charge in [-0.2, -0.15) is 0 Å². The summed E-state index contributed by atoms with van der Waals surface area (Å²) in [6.07, 6.45) is 0. The number of carbonyl (C=O) groups is 1. The highest BCUT2D eigenvalue weighted by Gasteiger charge is 2.31. The zero-order chi connectivity index (χ0) is 13.3. The SMILES string of the molecule is Cc1ccc(C)c(NC(=O)N2CC(N(C)C)C2)c1. The predicted octanol–water partition coefficient (Wildman–Crippen LogP) is 2.08. The third-order valence-electron chi connectivity index (χ3n) is 3.51. The van der Waals surface area contributed by atoms with Crippen molar-refractivity contribution in [1.29, 1.82) is 0 Å². The van der Waals surface area contributed by atoms with Crippen LogP contribution >= 0.6 is 0 Å². The van der Waals surface area contributed by atoms with Crippen molar-refractivity contribution < 1.29 is 4.79 Å².